The zero-order chi connectivity index (χ0) is 12.1. The Hall–Kier alpha value is -1.31. The van der Waals surface area contributed by atoms with Crippen molar-refractivity contribution < 1.29 is 9.53 Å². The Bertz CT molecular complexity index is 249. The predicted molar refractivity (Wildman–Crippen MR) is 68.2 cm³/mol. The van der Waals surface area contributed by atoms with Gasteiger partial charge in [-0.3, -0.25) is 4.79 Å². The molecule has 0 saturated carbocycles. The van der Waals surface area contributed by atoms with Gasteiger partial charge in [0, 0.05) is 6.42 Å². The number of hydrogen-bond donors (Lipinski definition) is 0. The largest absolute Gasteiger partial charge is 0.466 e. The van der Waals surface area contributed by atoms with Gasteiger partial charge in [-0.1, -0.05) is 36.5 Å². The van der Waals surface area contributed by atoms with Gasteiger partial charge in [-0.2, -0.15) is 0 Å². The van der Waals surface area contributed by atoms with Crippen LogP contribution in [0.2, 0.25) is 0 Å². The minimum atomic E-state index is -0.0838. The molecule has 0 heterocycles. The lowest BCUT2D eigenvalue weighted by atomic mass is 10.2. The molecule has 0 aromatic carbocycles. The fourth-order valence-electron chi connectivity index (χ4n) is 1.18. The summed E-state index contributed by atoms with van der Waals surface area (Å²) in [4.78, 5) is 11.0. The maximum atomic E-state index is 11.0. The van der Waals surface area contributed by atoms with E-state index in [4.69, 9.17) is 4.74 Å². The summed E-state index contributed by atoms with van der Waals surface area (Å²) in [6.07, 6.45) is 15.6. The SMILES string of the molecule is C/C=C/C=C/C=CCCCCC(=O)OCC. The summed E-state index contributed by atoms with van der Waals surface area (Å²) in [5, 5.41) is 0. The Morgan fingerprint density at radius 3 is 2.56 bits per heavy atom. The molecule has 0 radical (unpaired) electrons. The highest BCUT2D eigenvalue weighted by molar-refractivity contribution is 5.69. The number of hydrogen-bond acceptors (Lipinski definition) is 2. The number of esters is 1. The zero-order valence-electron chi connectivity index (χ0n) is 10.3. The Balaban J connectivity index is 3.36. The monoisotopic (exact) mass is 222 g/mol. The van der Waals surface area contributed by atoms with Crippen LogP contribution >= 0.6 is 0 Å². The zero-order valence-corrected chi connectivity index (χ0v) is 10.3. The molecule has 0 aromatic heterocycles. The van der Waals surface area contributed by atoms with Gasteiger partial charge in [-0.15, -0.1) is 0 Å². The number of unbranched alkanes of at least 4 members (excludes halogenated alkanes) is 2. The van der Waals surface area contributed by atoms with Crippen LogP contribution in [0.25, 0.3) is 0 Å². The molecule has 0 aliphatic carbocycles. The molecule has 0 rings (SSSR count). The quantitative estimate of drug-likeness (QED) is 0.355. The van der Waals surface area contributed by atoms with Crippen LogP contribution in [-0.2, 0) is 9.53 Å². The molecule has 0 amide bonds. The fourth-order valence-corrected chi connectivity index (χ4v) is 1.18. The lowest BCUT2D eigenvalue weighted by Gasteiger charge is -1.99. The molecule has 0 fully saturated rings. The maximum absolute atomic E-state index is 11.0. The molecular formula is C14H22O2. The molecule has 0 N–H and O–H groups in total. The van der Waals surface area contributed by atoms with E-state index in [1.807, 2.05) is 44.2 Å². The van der Waals surface area contributed by atoms with Crippen molar-refractivity contribution in [3.05, 3.63) is 36.5 Å². The van der Waals surface area contributed by atoms with Gasteiger partial charge in [0.05, 0.1) is 6.61 Å². The molecule has 0 aliphatic rings. The first-order valence-electron chi connectivity index (χ1n) is 5.91. The number of ether oxygens (including phenoxy) is 1. The van der Waals surface area contributed by atoms with Gasteiger partial charge in [0.15, 0.2) is 0 Å². The molecule has 16 heavy (non-hydrogen) atoms. The Morgan fingerprint density at radius 1 is 1.12 bits per heavy atom. The van der Waals surface area contributed by atoms with E-state index in [1.165, 1.54) is 0 Å². The molecular weight excluding hydrogens is 200 g/mol. The van der Waals surface area contributed by atoms with E-state index < -0.39 is 0 Å². The van der Waals surface area contributed by atoms with Crippen LogP contribution in [0.4, 0.5) is 0 Å². The third-order valence-electron chi connectivity index (χ3n) is 1.97. The number of allylic oxidation sites excluding steroid dienone is 6. The molecule has 0 atom stereocenters. The lowest BCUT2D eigenvalue weighted by molar-refractivity contribution is -0.143. The first kappa shape index (κ1) is 14.7. The van der Waals surface area contributed by atoms with Crippen molar-refractivity contribution in [2.45, 2.75) is 39.5 Å². The van der Waals surface area contributed by atoms with E-state index in [1.54, 1.807) is 0 Å². The second-order valence-corrected chi connectivity index (χ2v) is 3.39. The highest BCUT2D eigenvalue weighted by atomic mass is 16.5. The van der Waals surface area contributed by atoms with Crippen LogP contribution in [-0.4, -0.2) is 12.6 Å². The van der Waals surface area contributed by atoms with Gasteiger partial charge >= 0.3 is 5.97 Å². The average Bonchev–Trinajstić information content (AvgIpc) is 2.27. The van der Waals surface area contributed by atoms with Crippen LogP contribution in [0.15, 0.2) is 36.5 Å². The topological polar surface area (TPSA) is 26.3 Å². The van der Waals surface area contributed by atoms with Crippen molar-refractivity contribution in [1.82, 2.24) is 0 Å². The van der Waals surface area contributed by atoms with Gasteiger partial charge in [0.25, 0.3) is 0 Å². The highest BCUT2D eigenvalue weighted by Gasteiger charge is 1.99. The van der Waals surface area contributed by atoms with Gasteiger partial charge in [-0.25, -0.2) is 0 Å². The smallest absolute Gasteiger partial charge is 0.305 e. The van der Waals surface area contributed by atoms with Gasteiger partial charge in [0.2, 0.25) is 0 Å². The van der Waals surface area contributed by atoms with Crippen LogP contribution < -0.4 is 0 Å². The lowest BCUT2D eigenvalue weighted by Crippen LogP contribution is -2.02. The molecule has 0 aliphatic heterocycles. The summed E-state index contributed by atoms with van der Waals surface area (Å²) in [6, 6.07) is 0. The standard InChI is InChI=1S/C14H22O2/c1-3-5-6-7-8-9-10-11-12-13-14(15)16-4-2/h3,5-9H,4,10-13H2,1-2H3/b5-3+,7-6+,9-8?. The first-order chi connectivity index (χ1) is 7.81. The summed E-state index contributed by atoms with van der Waals surface area (Å²) in [6.45, 7) is 4.30. The molecule has 0 bridgehead atoms. The Morgan fingerprint density at radius 2 is 1.88 bits per heavy atom. The van der Waals surface area contributed by atoms with E-state index in [0.717, 1.165) is 19.3 Å². The van der Waals surface area contributed by atoms with Gasteiger partial charge < -0.3 is 4.74 Å². The minimum absolute atomic E-state index is 0.0838. The van der Waals surface area contributed by atoms with E-state index in [2.05, 4.69) is 6.08 Å². The Kier molecular flexibility index (Phi) is 10.8. The van der Waals surface area contributed by atoms with Crippen molar-refractivity contribution >= 4 is 5.97 Å². The molecule has 0 spiro atoms. The molecule has 0 unspecified atom stereocenters. The summed E-state index contributed by atoms with van der Waals surface area (Å²) < 4.78 is 4.84. The third kappa shape index (κ3) is 10.8. The maximum Gasteiger partial charge on any atom is 0.305 e. The molecule has 0 saturated heterocycles. The summed E-state index contributed by atoms with van der Waals surface area (Å²) in [5.41, 5.74) is 0. The first-order valence-corrected chi connectivity index (χ1v) is 5.91. The van der Waals surface area contributed by atoms with Crippen molar-refractivity contribution in [3.63, 3.8) is 0 Å². The van der Waals surface area contributed by atoms with Crippen molar-refractivity contribution in [3.8, 4) is 0 Å². The normalized spacial score (nSPS) is 11.9. The van der Waals surface area contributed by atoms with Crippen LogP contribution in [0.5, 0.6) is 0 Å². The summed E-state index contributed by atoms with van der Waals surface area (Å²) >= 11 is 0. The number of carbonyl (C=O) groups excluding carboxylic acids is 1. The average molecular weight is 222 g/mol. The van der Waals surface area contributed by atoms with E-state index >= 15 is 0 Å². The highest BCUT2D eigenvalue weighted by Crippen LogP contribution is 2.02. The van der Waals surface area contributed by atoms with Crippen LogP contribution in [0.1, 0.15) is 39.5 Å². The Labute approximate surface area is 98.7 Å². The summed E-state index contributed by atoms with van der Waals surface area (Å²) in [5.74, 6) is -0.0838. The van der Waals surface area contributed by atoms with Crippen LogP contribution in [0, 0.1) is 0 Å². The number of carbonyl (C=O) groups is 1. The molecule has 90 valence electrons. The van der Waals surface area contributed by atoms with Gasteiger partial charge in [0.1, 0.15) is 0 Å². The molecule has 0 aromatic rings. The second-order valence-electron chi connectivity index (χ2n) is 3.39. The number of rotatable bonds is 8. The second kappa shape index (κ2) is 11.8. The van der Waals surface area contributed by atoms with Crippen molar-refractivity contribution in [2.24, 2.45) is 0 Å². The molecule has 2 nitrogen and oxygen atoms in total. The van der Waals surface area contributed by atoms with Crippen LogP contribution in [0.3, 0.4) is 0 Å². The minimum Gasteiger partial charge on any atom is -0.466 e. The van der Waals surface area contributed by atoms with E-state index in [-0.39, 0.29) is 5.97 Å². The van der Waals surface area contributed by atoms with Gasteiger partial charge in [-0.05, 0) is 33.1 Å². The van der Waals surface area contributed by atoms with Crippen molar-refractivity contribution in [1.29, 1.82) is 0 Å². The van der Waals surface area contributed by atoms with E-state index in [0.29, 0.717) is 13.0 Å². The third-order valence-corrected chi connectivity index (χ3v) is 1.97. The molecule has 2 heteroatoms. The predicted octanol–water partition coefficient (Wildman–Crippen LogP) is 3.80. The van der Waals surface area contributed by atoms with E-state index in [9.17, 15) is 4.79 Å². The summed E-state index contributed by atoms with van der Waals surface area (Å²) in [7, 11) is 0. The fraction of sp³-hybridized carbons (Fsp3) is 0.500. The van der Waals surface area contributed by atoms with Crippen molar-refractivity contribution in [2.75, 3.05) is 6.61 Å².